The summed E-state index contributed by atoms with van der Waals surface area (Å²) in [5.41, 5.74) is 6.71. The van der Waals surface area contributed by atoms with Crippen molar-refractivity contribution in [3.63, 3.8) is 0 Å². The van der Waals surface area contributed by atoms with E-state index in [9.17, 15) is 0 Å². The average Bonchev–Trinajstić information content (AvgIpc) is 3.08. The standard InChI is InChI=1S/C30H31NO/c1-29(2,3)18-19-11-12-23-24-13-14-31-27(28(24)32-26(23)15-19)21-16-20-9-7-8-10-22(20)25(17-21)30(4,5)6/h7-17H,18H2,1-6H3. The van der Waals surface area contributed by atoms with E-state index >= 15 is 0 Å². The van der Waals surface area contributed by atoms with Crippen molar-refractivity contribution in [1.82, 2.24) is 4.98 Å². The highest BCUT2D eigenvalue weighted by Gasteiger charge is 2.21. The summed E-state index contributed by atoms with van der Waals surface area (Å²) in [6, 6.07) is 21.9. The molecule has 0 fully saturated rings. The third-order valence-corrected chi connectivity index (χ3v) is 6.13. The molecular formula is C30H31NO. The average molecular weight is 422 g/mol. The van der Waals surface area contributed by atoms with Gasteiger partial charge in [-0.2, -0.15) is 0 Å². The van der Waals surface area contributed by atoms with Crippen molar-refractivity contribution in [3.05, 3.63) is 78.0 Å². The Morgan fingerprint density at radius 2 is 1.56 bits per heavy atom. The van der Waals surface area contributed by atoms with Gasteiger partial charge in [-0.25, -0.2) is 0 Å². The number of hydrogen-bond acceptors (Lipinski definition) is 2. The highest BCUT2D eigenvalue weighted by atomic mass is 16.3. The zero-order valence-corrected chi connectivity index (χ0v) is 19.9. The summed E-state index contributed by atoms with van der Waals surface area (Å²) in [5.74, 6) is 0. The van der Waals surface area contributed by atoms with Crippen LogP contribution in [-0.4, -0.2) is 4.98 Å². The molecule has 0 unspecified atom stereocenters. The molecule has 2 heterocycles. The van der Waals surface area contributed by atoms with Gasteiger partial charge in [-0.05, 0) is 63.4 Å². The molecule has 0 saturated carbocycles. The van der Waals surface area contributed by atoms with Crippen molar-refractivity contribution in [2.45, 2.75) is 53.4 Å². The minimum Gasteiger partial charge on any atom is -0.454 e. The number of furan rings is 1. The zero-order chi connectivity index (χ0) is 22.7. The highest BCUT2D eigenvalue weighted by Crippen LogP contribution is 2.39. The molecule has 0 aliphatic rings. The van der Waals surface area contributed by atoms with Gasteiger partial charge in [-0.15, -0.1) is 0 Å². The molecule has 0 atom stereocenters. The van der Waals surface area contributed by atoms with Gasteiger partial charge in [0, 0.05) is 22.5 Å². The van der Waals surface area contributed by atoms with Gasteiger partial charge in [0.2, 0.25) is 0 Å². The zero-order valence-electron chi connectivity index (χ0n) is 19.9. The molecule has 0 spiro atoms. The largest absolute Gasteiger partial charge is 0.454 e. The molecule has 0 saturated heterocycles. The lowest BCUT2D eigenvalue weighted by Crippen LogP contribution is -2.12. The maximum atomic E-state index is 6.47. The summed E-state index contributed by atoms with van der Waals surface area (Å²) >= 11 is 0. The molecule has 162 valence electrons. The van der Waals surface area contributed by atoms with Gasteiger partial charge in [0.1, 0.15) is 11.3 Å². The first-order chi connectivity index (χ1) is 15.1. The number of fused-ring (bicyclic) bond motifs is 4. The predicted octanol–water partition coefficient (Wildman–Crippen LogP) is 8.69. The number of hydrogen-bond donors (Lipinski definition) is 0. The van der Waals surface area contributed by atoms with Crippen LogP contribution >= 0.6 is 0 Å². The van der Waals surface area contributed by atoms with Crippen LogP contribution in [0.5, 0.6) is 0 Å². The van der Waals surface area contributed by atoms with E-state index in [2.05, 4.69) is 102 Å². The molecule has 0 bridgehead atoms. The van der Waals surface area contributed by atoms with Crippen molar-refractivity contribution >= 4 is 32.7 Å². The summed E-state index contributed by atoms with van der Waals surface area (Å²) in [4.78, 5) is 4.79. The van der Waals surface area contributed by atoms with Crippen LogP contribution in [0.15, 0.2) is 71.3 Å². The Hall–Kier alpha value is -3.13. The first-order valence-electron chi connectivity index (χ1n) is 11.4. The van der Waals surface area contributed by atoms with Gasteiger partial charge in [0.15, 0.2) is 5.58 Å². The van der Waals surface area contributed by atoms with Gasteiger partial charge >= 0.3 is 0 Å². The van der Waals surface area contributed by atoms with Crippen molar-refractivity contribution in [3.8, 4) is 11.3 Å². The van der Waals surface area contributed by atoms with E-state index < -0.39 is 0 Å². The minimum absolute atomic E-state index is 0.0270. The number of pyridine rings is 1. The van der Waals surface area contributed by atoms with Crippen molar-refractivity contribution in [1.29, 1.82) is 0 Å². The fourth-order valence-corrected chi connectivity index (χ4v) is 4.74. The lowest BCUT2D eigenvalue weighted by atomic mass is 9.82. The van der Waals surface area contributed by atoms with E-state index in [-0.39, 0.29) is 10.8 Å². The Labute approximate surface area is 190 Å². The van der Waals surface area contributed by atoms with Crippen LogP contribution in [0, 0.1) is 5.41 Å². The summed E-state index contributed by atoms with van der Waals surface area (Å²) in [5, 5.41) is 4.81. The van der Waals surface area contributed by atoms with Gasteiger partial charge in [-0.1, -0.05) is 77.9 Å². The smallest absolute Gasteiger partial charge is 0.161 e. The number of benzene rings is 3. The van der Waals surface area contributed by atoms with Crippen molar-refractivity contribution in [2.75, 3.05) is 0 Å². The van der Waals surface area contributed by atoms with Crippen LogP contribution in [0.3, 0.4) is 0 Å². The van der Waals surface area contributed by atoms with E-state index in [1.165, 1.54) is 21.9 Å². The number of rotatable bonds is 2. The van der Waals surface area contributed by atoms with Crippen LogP contribution in [0.25, 0.3) is 44.0 Å². The molecule has 0 amide bonds. The van der Waals surface area contributed by atoms with Gasteiger partial charge < -0.3 is 4.42 Å². The third-order valence-electron chi connectivity index (χ3n) is 6.13. The second kappa shape index (κ2) is 7.20. The first-order valence-corrected chi connectivity index (χ1v) is 11.4. The normalized spacial score (nSPS) is 12.8. The van der Waals surface area contributed by atoms with Crippen LogP contribution in [0.2, 0.25) is 0 Å². The fourth-order valence-electron chi connectivity index (χ4n) is 4.74. The van der Waals surface area contributed by atoms with Crippen LogP contribution in [0.4, 0.5) is 0 Å². The van der Waals surface area contributed by atoms with E-state index in [0.29, 0.717) is 0 Å². The topological polar surface area (TPSA) is 26.0 Å². The second-order valence-electron chi connectivity index (χ2n) is 11.2. The maximum absolute atomic E-state index is 6.47. The number of aromatic nitrogens is 1. The monoisotopic (exact) mass is 421 g/mol. The van der Waals surface area contributed by atoms with E-state index in [4.69, 9.17) is 9.40 Å². The summed E-state index contributed by atoms with van der Waals surface area (Å²) in [6.45, 7) is 13.6. The molecule has 5 rings (SSSR count). The lowest BCUT2D eigenvalue weighted by Gasteiger charge is -2.22. The Balaban J connectivity index is 1.74. The molecule has 0 aliphatic heterocycles. The maximum Gasteiger partial charge on any atom is 0.161 e. The Morgan fingerprint density at radius 3 is 2.31 bits per heavy atom. The fraction of sp³-hybridized carbons (Fsp3) is 0.300. The van der Waals surface area contributed by atoms with Crippen LogP contribution in [-0.2, 0) is 11.8 Å². The van der Waals surface area contributed by atoms with E-state index in [0.717, 1.165) is 39.6 Å². The summed E-state index contributed by atoms with van der Waals surface area (Å²) < 4.78 is 6.47. The Kier molecular flexibility index (Phi) is 4.67. The molecule has 32 heavy (non-hydrogen) atoms. The molecule has 0 N–H and O–H groups in total. The van der Waals surface area contributed by atoms with Gasteiger partial charge in [0.05, 0.1) is 0 Å². The SMILES string of the molecule is CC(C)(C)Cc1ccc2c(c1)oc1c(-c3cc(C(C)(C)C)c4ccccc4c3)nccc12. The van der Waals surface area contributed by atoms with Gasteiger partial charge in [0.25, 0.3) is 0 Å². The quantitative estimate of drug-likeness (QED) is 0.285. The van der Waals surface area contributed by atoms with Crippen LogP contribution in [0.1, 0.15) is 52.7 Å². The van der Waals surface area contributed by atoms with E-state index in [1.54, 1.807) is 0 Å². The summed E-state index contributed by atoms with van der Waals surface area (Å²) in [7, 11) is 0. The Bertz CT molecular complexity index is 1460. The predicted molar refractivity (Wildman–Crippen MR) is 136 cm³/mol. The molecule has 2 heteroatoms. The third kappa shape index (κ3) is 3.68. The van der Waals surface area contributed by atoms with Gasteiger partial charge in [-0.3, -0.25) is 4.98 Å². The molecule has 2 aromatic heterocycles. The van der Waals surface area contributed by atoms with Crippen molar-refractivity contribution in [2.24, 2.45) is 5.41 Å². The molecule has 0 radical (unpaired) electrons. The Morgan fingerprint density at radius 1 is 0.781 bits per heavy atom. The molecule has 5 aromatic rings. The van der Waals surface area contributed by atoms with Crippen molar-refractivity contribution < 1.29 is 4.42 Å². The van der Waals surface area contributed by atoms with Crippen LogP contribution < -0.4 is 0 Å². The first kappa shape index (κ1) is 20.8. The summed E-state index contributed by atoms with van der Waals surface area (Å²) in [6.07, 6.45) is 2.92. The molecule has 0 aliphatic carbocycles. The molecule has 3 aromatic carbocycles. The minimum atomic E-state index is 0.0270. The second-order valence-corrected chi connectivity index (χ2v) is 11.2. The molecular weight excluding hydrogens is 390 g/mol. The van der Waals surface area contributed by atoms with E-state index in [1.807, 2.05) is 6.20 Å². The highest BCUT2D eigenvalue weighted by molar-refractivity contribution is 6.09. The lowest BCUT2D eigenvalue weighted by molar-refractivity contribution is 0.411. The molecule has 2 nitrogen and oxygen atoms in total. The number of nitrogens with zero attached hydrogens (tertiary/aromatic N) is 1.